The lowest BCUT2D eigenvalue weighted by molar-refractivity contribution is 0.0864. The van der Waals surface area contributed by atoms with Crippen LogP contribution >= 0.6 is 15.9 Å². The minimum atomic E-state index is -0.263. The number of aliphatic hydroxyl groups is 1. The van der Waals surface area contributed by atoms with E-state index in [2.05, 4.69) is 27.3 Å². The third-order valence-electron chi connectivity index (χ3n) is 3.96. The normalized spacial score (nSPS) is 20.9. The van der Waals surface area contributed by atoms with Crippen molar-refractivity contribution in [3.8, 4) is 0 Å². The maximum absolute atomic E-state index is 12.3. The number of rotatable bonds is 3. The van der Waals surface area contributed by atoms with E-state index in [1.54, 1.807) is 12.1 Å². The molecule has 1 aromatic carbocycles. The third kappa shape index (κ3) is 2.89. The molecule has 4 nitrogen and oxygen atoms in total. The van der Waals surface area contributed by atoms with Gasteiger partial charge in [-0.2, -0.15) is 0 Å². The molecule has 21 heavy (non-hydrogen) atoms. The largest absolute Gasteiger partial charge is 0.444 e. The molecule has 3 rings (SSSR count). The number of benzene rings is 1. The predicted octanol–water partition coefficient (Wildman–Crippen LogP) is 3.07. The summed E-state index contributed by atoms with van der Waals surface area (Å²) in [6.45, 7) is 0.0567. The lowest BCUT2D eigenvalue weighted by Crippen LogP contribution is -2.37. The maximum atomic E-state index is 12.3. The Balaban J connectivity index is 1.86. The molecule has 0 bridgehead atoms. The number of carbonyl (C=O) groups excluding carboxylic acids is 1. The number of amides is 1. The molecule has 5 heteroatoms. The number of furan rings is 1. The first-order valence-electron chi connectivity index (χ1n) is 6.94. The maximum Gasteiger partial charge on any atom is 0.287 e. The second kappa shape index (κ2) is 6.03. The zero-order valence-corrected chi connectivity index (χ0v) is 13.0. The van der Waals surface area contributed by atoms with Gasteiger partial charge in [0.25, 0.3) is 5.91 Å². The van der Waals surface area contributed by atoms with Gasteiger partial charge in [-0.3, -0.25) is 4.79 Å². The van der Waals surface area contributed by atoms with Crippen molar-refractivity contribution in [1.82, 2.24) is 5.32 Å². The second-order valence-electron chi connectivity index (χ2n) is 5.24. The molecule has 1 aromatic heterocycles. The predicted molar refractivity (Wildman–Crippen MR) is 82.0 cm³/mol. The van der Waals surface area contributed by atoms with Gasteiger partial charge in [-0.05, 0) is 52.0 Å². The van der Waals surface area contributed by atoms with Crippen LogP contribution in [0.2, 0.25) is 0 Å². The van der Waals surface area contributed by atoms with Crippen molar-refractivity contribution >= 4 is 21.8 Å². The molecule has 2 atom stereocenters. The van der Waals surface area contributed by atoms with Crippen molar-refractivity contribution < 1.29 is 14.3 Å². The summed E-state index contributed by atoms with van der Waals surface area (Å²) in [6.07, 6.45) is 1.79. The average molecular weight is 350 g/mol. The SMILES string of the molecule is O=C(N[C@H]1c2ccccc2CC[C@H]1CO)c1ccc(Br)o1. The molecule has 110 valence electrons. The molecule has 0 saturated carbocycles. The summed E-state index contributed by atoms with van der Waals surface area (Å²) in [5, 5.41) is 12.6. The van der Waals surface area contributed by atoms with E-state index in [-0.39, 0.29) is 30.2 Å². The van der Waals surface area contributed by atoms with E-state index in [4.69, 9.17) is 4.42 Å². The highest BCUT2D eigenvalue weighted by atomic mass is 79.9. The van der Waals surface area contributed by atoms with Crippen LogP contribution in [-0.2, 0) is 6.42 Å². The van der Waals surface area contributed by atoms with Gasteiger partial charge in [-0.15, -0.1) is 0 Å². The van der Waals surface area contributed by atoms with Crippen LogP contribution in [-0.4, -0.2) is 17.6 Å². The number of fused-ring (bicyclic) bond motifs is 1. The molecule has 0 spiro atoms. The van der Waals surface area contributed by atoms with Crippen molar-refractivity contribution in [2.45, 2.75) is 18.9 Å². The lowest BCUT2D eigenvalue weighted by atomic mass is 9.80. The van der Waals surface area contributed by atoms with Crippen LogP contribution in [0.5, 0.6) is 0 Å². The summed E-state index contributed by atoms with van der Waals surface area (Å²) < 4.78 is 5.81. The van der Waals surface area contributed by atoms with Gasteiger partial charge in [0.15, 0.2) is 10.4 Å². The molecular formula is C16H16BrNO3. The molecule has 0 saturated heterocycles. The summed E-state index contributed by atoms with van der Waals surface area (Å²) in [7, 11) is 0. The highest BCUT2D eigenvalue weighted by molar-refractivity contribution is 9.10. The molecule has 1 aliphatic carbocycles. The van der Waals surface area contributed by atoms with Gasteiger partial charge in [-0.1, -0.05) is 24.3 Å². The topological polar surface area (TPSA) is 62.5 Å². The zero-order chi connectivity index (χ0) is 14.8. The van der Waals surface area contributed by atoms with Crippen LogP contribution in [0.3, 0.4) is 0 Å². The van der Waals surface area contributed by atoms with Crippen LogP contribution in [0.4, 0.5) is 0 Å². The Hall–Kier alpha value is -1.59. The van der Waals surface area contributed by atoms with Crippen molar-refractivity contribution in [2.75, 3.05) is 6.61 Å². The minimum Gasteiger partial charge on any atom is -0.444 e. The van der Waals surface area contributed by atoms with Gasteiger partial charge < -0.3 is 14.8 Å². The fraction of sp³-hybridized carbons (Fsp3) is 0.312. The fourth-order valence-electron chi connectivity index (χ4n) is 2.87. The smallest absolute Gasteiger partial charge is 0.287 e. The molecule has 0 aliphatic heterocycles. The Kier molecular flexibility index (Phi) is 4.12. The first-order valence-corrected chi connectivity index (χ1v) is 7.73. The van der Waals surface area contributed by atoms with Crippen molar-refractivity contribution in [3.63, 3.8) is 0 Å². The summed E-state index contributed by atoms with van der Waals surface area (Å²) in [5.41, 5.74) is 2.31. The third-order valence-corrected chi connectivity index (χ3v) is 4.39. The van der Waals surface area contributed by atoms with Gasteiger partial charge in [0.2, 0.25) is 0 Å². The molecule has 1 amide bonds. The van der Waals surface area contributed by atoms with Gasteiger partial charge in [0, 0.05) is 12.5 Å². The fourth-order valence-corrected chi connectivity index (χ4v) is 3.17. The van der Waals surface area contributed by atoms with Crippen LogP contribution in [0.25, 0.3) is 0 Å². The summed E-state index contributed by atoms with van der Waals surface area (Å²) in [4.78, 5) is 12.3. The van der Waals surface area contributed by atoms with E-state index < -0.39 is 0 Å². The highest BCUT2D eigenvalue weighted by Gasteiger charge is 2.30. The Morgan fingerprint density at radius 2 is 2.14 bits per heavy atom. The highest BCUT2D eigenvalue weighted by Crippen LogP contribution is 2.34. The second-order valence-corrected chi connectivity index (χ2v) is 6.02. The van der Waals surface area contributed by atoms with Crippen molar-refractivity contribution in [1.29, 1.82) is 0 Å². The molecular weight excluding hydrogens is 334 g/mol. The summed E-state index contributed by atoms with van der Waals surface area (Å²) in [5.74, 6) is 0.0322. The molecule has 0 unspecified atom stereocenters. The number of hydrogen-bond acceptors (Lipinski definition) is 3. The zero-order valence-electron chi connectivity index (χ0n) is 11.4. The number of aryl methyl sites for hydroxylation is 1. The van der Waals surface area contributed by atoms with E-state index in [1.807, 2.05) is 18.2 Å². The molecule has 0 radical (unpaired) electrons. The summed E-state index contributed by atoms with van der Waals surface area (Å²) >= 11 is 3.19. The van der Waals surface area contributed by atoms with Crippen LogP contribution in [0.1, 0.15) is 34.1 Å². The average Bonchev–Trinajstić information content (AvgIpc) is 2.94. The molecule has 2 aromatic rings. The molecule has 1 aliphatic rings. The van der Waals surface area contributed by atoms with Gasteiger partial charge in [-0.25, -0.2) is 0 Å². The van der Waals surface area contributed by atoms with Gasteiger partial charge >= 0.3 is 0 Å². The number of hydrogen-bond donors (Lipinski definition) is 2. The first-order chi connectivity index (χ1) is 10.2. The molecule has 0 fully saturated rings. The van der Waals surface area contributed by atoms with Gasteiger partial charge in [0.1, 0.15) is 0 Å². The Bertz CT molecular complexity index is 652. The van der Waals surface area contributed by atoms with Crippen LogP contribution in [0, 0.1) is 5.92 Å². The Morgan fingerprint density at radius 3 is 2.86 bits per heavy atom. The number of nitrogens with one attached hydrogen (secondary N) is 1. The Labute approximate surface area is 131 Å². The van der Waals surface area contributed by atoms with E-state index in [1.165, 1.54) is 5.56 Å². The van der Waals surface area contributed by atoms with Crippen LogP contribution in [0.15, 0.2) is 45.5 Å². The lowest BCUT2D eigenvalue weighted by Gasteiger charge is -2.33. The first kappa shape index (κ1) is 14.4. The van der Waals surface area contributed by atoms with E-state index in [0.717, 1.165) is 18.4 Å². The number of aliphatic hydroxyl groups excluding tert-OH is 1. The number of carbonyl (C=O) groups is 1. The molecule has 2 N–H and O–H groups in total. The minimum absolute atomic E-state index is 0.0299. The van der Waals surface area contributed by atoms with Crippen molar-refractivity contribution in [3.05, 3.63) is 58.0 Å². The van der Waals surface area contributed by atoms with Crippen molar-refractivity contribution in [2.24, 2.45) is 5.92 Å². The van der Waals surface area contributed by atoms with Gasteiger partial charge in [0.05, 0.1) is 6.04 Å². The number of halogens is 1. The van der Waals surface area contributed by atoms with Crippen LogP contribution < -0.4 is 5.32 Å². The van der Waals surface area contributed by atoms with E-state index >= 15 is 0 Å². The molecule has 1 heterocycles. The summed E-state index contributed by atoms with van der Waals surface area (Å²) in [6, 6.07) is 11.2. The standard InChI is InChI=1S/C16H16BrNO3/c17-14-8-7-13(21-14)16(20)18-15-11(9-19)6-5-10-3-1-2-4-12(10)15/h1-4,7-8,11,15,19H,5-6,9H2,(H,18,20)/t11-,15+/m0/s1. The van der Waals surface area contributed by atoms with E-state index in [9.17, 15) is 9.90 Å². The van der Waals surface area contributed by atoms with E-state index in [0.29, 0.717) is 4.67 Å². The quantitative estimate of drug-likeness (QED) is 0.894. The Morgan fingerprint density at radius 1 is 1.33 bits per heavy atom. The monoisotopic (exact) mass is 349 g/mol.